The molecule has 0 aliphatic rings. The van der Waals surface area contributed by atoms with Gasteiger partial charge in [0.25, 0.3) is 0 Å². The molecule has 152 valence electrons. The quantitative estimate of drug-likeness (QED) is 0.273. The van der Waals surface area contributed by atoms with Crippen LogP contribution >= 0.6 is 11.3 Å². The third-order valence-electron chi connectivity index (χ3n) is 5.82. The normalized spacial score (nSPS) is 11.3. The summed E-state index contributed by atoms with van der Waals surface area (Å²) in [5, 5.41) is 2.47. The Morgan fingerprint density at radius 1 is 0.594 bits per heavy atom. The Hall–Kier alpha value is -3.82. The van der Waals surface area contributed by atoms with Crippen molar-refractivity contribution < 1.29 is 4.39 Å². The molecule has 0 amide bonds. The number of hydrogen-bond acceptors (Lipinski definition) is 2. The van der Waals surface area contributed by atoms with Crippen LogP contribution in [0, 0.1) is 5.82 Å². The largest absolute Gasteiger partial charge is 0.256 e. The molecule has 6 rings (SSSR count). The van der Waals surface area contributed by atoms with Gasteiger partial charge in [-0.15, -0.1) is 11.3 Å². The Labute approximate surface area is 189 Å². The lowest BCUT2D eigenvalue weighted by atomic mass is 10.0. The molecule has 0 N–H and O–H groups in total. The highest BCUT2D eigenvalue weighted by Gasteiger charge is 2.13. The van der Waals surface area contributed by atoms with Gasteiger partial charge in [-0.05, 0) is 52.6 Å². The maximum atomic E-state index is 13.3. The predicted molar refractivity (Wildman–Crippen MR) is 133 cm³/mol. The van der Waals surface area contributed by atoms with Crippen molar-refractivity contribution in [3.05, 3.63) is 115 Å². The fourth-order valence-corrected chi connectivity index (χ4v) is 5.47. The Bertz CT molecular complexity index is 1570. The SMILES string of the molecule is Fc1ccc(-c2ccc3c(c2)sc2c(-c4cc(-c5ccccc5)ccn4)cccc23)cc1. The molecule has 3 heteroatoms. The number of rotatable bonds is 3. The van der Waals surface area contributed by atoms with Crippen molar-refractivity contribution in [3.63, 3.8) is 0 Å². The minimum atomic E-state index is -0.216. The molecule has 32 heavy (non-hydrogen) atoms. The van der Waals surface area contributed by atoms with Gasteiger partial charge in [0.2, 0.25) is 0 Å². The van der Waals surface area contributed by atoms with Gasteiger partial charge >= 0.3 is 0 Å². The molecule has 1 nitrogen and oxygen atoms in total. The second-order valence-electron chi connectivity index (χ2n) is 7.80. The standard InChI is InChI=1S/C29H18FNS/c30-23-12-9-20(10-13-23)21-11-14-24-25-7-4-8-26(29(25)32-28(24)18-21)27-17-22(15-16-31-27)19-5-2-1-3-6-19/h1-18H. The molecule has 2 heterocycles. The Morgan fingerprint density at radius 3 is 2.19 bits per heavy atom. The highest BCUT2D eigenvalue weighted by Crippen LogP contribution is 2.41. The predicted octanol–water partition coefficient (Wildman–Crippen LogP) is 8.59. The van der Waals surface area contributed by atoms with E-state index < -0.39 is 0 Å². The summed E-state index contributed by atoms with van der Waals surface area (Å²) in [6.45, 7) is 0. The Balaban J connectivity index is 1.50. The first kappa shape index (κ1) is 18.9. The second-order valence-corrected chi connectivity index (χ2v) is 8.85. The maximum absolute atomic E-state index is 13.3. The van der Waals surface area contributed by atoms with E-state index in [1.54, 1.807) is 11.3 Å². The van der Waals surface area contributed by atoms with Gasteiger partial charge in [-0.3, -0.25) is 4.98 Å². The van der Waals surface area contributed by atoms with Crippen LogP contribution in [-0.2, 0) is 0 Å². The van der Waals surface area contributed by atoms with E-state index in [9.17, 15) is 4.39 Å². The summed E-state index contributed by atoms with van der Waals surface area (Å²) in [7, 11) is 0. The molecule has 0 saturated carbocycles. The van der Waals surface area contributed by atoms with E-state index in [1.807, 2.05) is 24.4 Å². The number of halogens is 1. The van der Waals surface area contributed by atoms with Crippen LogP contribution < -0.4 is 0 Å². The average Bonchev–Trinajstić information content (AvgIpc) is 3.23. The topological polar surface area (TPSA) is 12.9 Å². The summed E-state index contributed by atoms with van der Waals surface area (Å²) in [6, 6.07) is 34.2. The minimum absolute atomic E-state index is 0.216. The third kappa shape index (κ3) is 3.28. The zero-order chi connectivity index (χ0) is 21.5. The number of pyridine rings is 1. The highest BCUT2D eigenvalue weighted by atomic mass is 32.1. The van der Waals surface area contributed by atoms with Gasteiger partial charge in [-0.25, -0.2) is 4.39 Å². The van der Waals surface area contributed by atoms with Crippen molar-refractivity contribution in [3.8, 4) is 33.5 Å². The van der Waals surface area contributed by atoms with Crippen molar-refractivity contribution >= 4 is 31.5 Å². The molecule has 0 aliphatic carbocycles. The Morgan fingerprint density at radius 2 is 1.34 bits per heavy atom. The van der Waals surface area contributed by atoms with Gasteiger partial charge in [0, 0.05) is 31.9 Å². The molecule has 0 bridgehead atoms. The van der Waals surface area contributed by atoms with Gasteiger partial charge in [-0.1, -0.05) is 72.8 Å². The summed E-state index contributed by atoms with van der Waals surface area (Å²) in [5.74, 6) is -0.216. The lowest BCUT2D eigenvalue weighted by molar-refractivity contribution is 0.628. The number of aromatic nitrogens is 1. The van der Waals surface area contributed by atoms with E-state index in [0.29, 0.717) is 0 Å². The molecule has 0 spiro atoms. The van der Waals surface area contributed by atoms with Gasteiger partial charge in [-0.2, -0.15) is 0 Å². The molecular weight excluding hydrogens is 413 g/mol. The van der Waals surface area contributed by atoms with Crippen molar-refractivity contribution in [1.29, 1.82) is 0 Å². The van der Waals surface area contributed by atoms with E-state index in [4.69, 9.17) is 4.98 Å². The van der Waals surface area contributed by atoms with E-state index in [1.165, 1.54) is 37.9 Å². The molecule has 0 atom stereocenters. The van der Waals surface area contributed by atoms with Gasteiger partial charge in [0.15, 0.2) is 0 Å². The third-order valence-corrected chi connectivity index (χ3v) is 7.02. The van der Waals surface area contributed by atoms with Crippen molar-refractivity contribution in [2.75, 3.05) is 0 Å². The summed E-state index contributed by atoms with van der Waals surface area (Å²) in [5.41, 5.74) is 6.57. The fourth-order valence-electron chi connectivity index (χ4n) is 4.21. The second kappa shape index (κ2) is 7.70. The van der Waals surface area contributed by atoms with Gasteiger partial charge < -0.3 is 0 Å². The van der Waals surface area contributed by atoms with Crippen molar-refractivity contribution in [2.24, 2.45) is 0 Å². The maximum Gasteiger partial charge on any atom is 0.123 e. The molecular formula is C29H18FNS. The molecule has 0 aliphatic heterocycles. The van der Waals surface area contributed by atoms with Crippen LogP contribution in [0.5, 0.6) is 0 Å². The molecule has 0 radical (unpaired) electrons. The lowest BCUT2D eigenvalue weighted by Crippen LogP contribution is -1.85. The van der Waals surface area contributed by atoms with E-state index >= 15 is 0 Å². The first-order valence-corrected chi connectivity index (χ1v) is 11.3. The van der Waals surface area contributed by atoms with E-state index in [-0.39, 0.29) is 5.82 Å². The number of thiophene rings is 1. The summed E-state index contributed by atoms with van der Waals surface area (Å²) in [4.78, 5) is 4.70. The average molecular weight is 432 g/mol. The van der Waals surface area contributed by atoms with Crippen LogP contribution in [0.3, 0.4) is 0 Å². The van der Waals surface area contributed by atoms with Crippen LogP contribution in [-0.4, -0.2) is 4.98 Å². The number of fused-ring (bicyclic) bond motifs is 3. The number of benzene rings is 4. The summed E-state index contributed by atoms with van der Waals surface area (Å²) >= 11 is 1.78. The number of hydrogen-bond donors (Lipinski definition) is 0. The molecule has 6 aromatic rings. The monoisotopic (exact) mass is 431 g/mol. The van der Waals surface area contributed by atoms with E-state index in [0.717, 1.165) is 27.9 Å². The summed E-state index contributed by atoms with van der Waals surface area (Å²) in [6.07, 6.45) is 1.89. The molecule has 0 unspecified atom stereocenters. The molecule has 4 aromatic carbocycles. The first-order chi connectivity index (χ1) is 15.8. The van der Waals surface area contributed by atoms with Crippen LogP contribution in [0.15, 0.2) is 109 Å². The molecule has 0 fully saturated rings. The Kier molecular flexibility index (Phi) is 4.55. The van der Waals surface area contributed by atoms with E-state index in [2.05, 4.69) is 72.8 Å². The van der Waals surface area contributed by atoms with Crippen molar-refractivity contribution in [1.82, 2.24) is 4.98 Å². The zero-order valence-corrected chi connectivity index (χ0v) is 17.9. The van der Waals surface area contributed by atoms with Crippen LogP contribution in [0.25, 0.3) is 53.7 Å². The number of nitrogens with zero attached hydrogens (tertiary/aromatic N) is 1. The van der Waals surface area contributed by atoms with Crippen molar-refractivity contribution in [2.45, 2.75) is 0 Å². The van der Waals surface area contributed by atoms with Crippen LogP contribution in [0.4, 0.5) is 4.39 Å². The smallest absolute Gasteiger partial charge is 0.123 e. The molecule has 0 saturated heterocycles. The van der Waals surface area contributed by atoms with Crippen LogP contribution in [0.2, 0.25) is 0 Å². The van der Waals surface area contributed by atoms with Crippen LogP contribution in [0.1, 0.15) is 0 Å². The first-order valence-electron chi connectivity index (χ1n) is 10.5. The minimum Gasteiger partial charge on any atom is -0.256 e. The molecule has 2 aromatic heterocycles. The van der Waals surface area contributed by atoms with Gasteiger partial charge in [0.05, 0.1) is 5.69 Å². The highest BCUT2D eigenvalue weighted by molar-refractivity contribution is 7.26. The fraction of sp³-hybridized carbons (Fsp3) is 0. The lowest BCUT2D eigenvalue weighted by Gasteiger charge is -2.06. The van der Waals surface area contributed by atoms with Gasteiger partial charge in [0.1, 0.15) is 5.82 Å². The zero-order valence-electron chi connectivity index (χ0n) is 17.1. The summed E-state index contributed by atoms with van der Waals surface area (Å²) < 4.78 is 15.8.